The molecule has 16 heavy (non-hydrogen) atoms. The fraction of sp³-hybridized carbons (Fsp3) is 0.385. The Kier molecular flexibility index (Phi) is 2.65. The summed E-state index contributed by atoms with van der Waals surface area (Å²) in [6.45, 7) is 1.07. The molecule has 1 unspecified atom stereocenters. The zero-order valence-electron chi connectivity index (χ0n) is 9.42. The van der Waals surface area contributed by atoms with Gasteiger partial charge in [-0.05, 0) is 25.3 Å². The maximum absolute atomic E-state index is 3.59. The summed E-state index contributed by atoms with van der Waals surface area (Å²) >= 11 is 2.00. The predicted octanol–water partition coefficient (Wildman–Crippen LogP) is 2.97. The Labute approximate surface area is 99.8 Å². The molecular weight excluding hydrogens is 216 g/mol. The van der Waals surface area contributed by atoms with Gasteiger partial charge in [0.15, 0.2) is 0 Å². The van der Waals surface area contributed by atoms with E-state index in [9.17, 15) is 0 Å². The number of benzene rings is 1. The van der Waals surface area contributed by atoms with Crippen LogP contribution in [0.3, 0.4) is 0 Å². The highest BCUT2D eigenvalue weighted by Gasteiger charge is 2.23. The minimum Gasteiger partial charge on any atom is -0.357 e. The van der Waals surface area contributed by atoms with E-state index in [1.165, 1.54) is 33.7 Å². The average molecular weight is 232 g/mol. The van der Waals surface area contributed by atoms with Gasteiger partial charge in [-0.15, -0.1) is 11.8 Å². The van der Waals surface area contributed by atoms with Gasteiger partial charge in [0.2, 0.25) is 0 Å². The van der Waals surface area contributed by atoms with Crippen molar-refractivity contribution in [1.29, 1.82) is 0 Å². The van der Waals surface area contributed by atoms with Crippen LogP contribution in [0.25, 0.3) is 10.9 Å². The monoisotopic (exact) mass is 232 g/mol. The van der Waals surface area contributed by atoms with Crippen molar-refractivity contribution in [3.05, 3.63) is 30.0 Å². The van der Waals surface area contributed by atoms with Crippen molar-refractivity contribution in [3.8, 4) is 0 Å². The van der Waals surface area contributed by atoms with Crippen molar-refractivity contribution < 1.29 is 0 Å². The van der Waals surface area contributed by atoms with Crippen LogP contribution in [-0.4, -0.2) is 24.3 Å². The third kappa shape index (κ3) is 1.55. The smallest absolute Gasteiger partial charge is 0.0467 e. The number of para-hydroxylation sites is 1. The molecule has 1 aliphatic rings. The largest absolute Gasteiger partial charge is 0.357 e. The van der Waals surface area contributed by atoms with E-state index in [0.29, 0.717) is 5.92 Å². The van der Waals surface area contributed by atoms with Gasteiger partial charge in [0.1, 0.15) is 0 Å². The third-order valence-electron chi connectivity index (χ3n) is 3.26. The Hall–Kier alpha value is -0.930. The molecule has 0 radical (unpaired) electrons. The van der Waals surface area contributed by atoms with Crippen LogP contribution in [0.1, 0.15) is 18.0 Å². The van der Waals surface area contributed by atoms with E-state index < -0.39 is 0 Å². The summed E-state index contributed by atoms with van der Waals surface area (Å²) in [5.74, 6) is 1.88. The van der Waals surface area contributed by atoms with Gasteiger partial charge >= 0.3 is 0 Å². The van der Waals surface area contributed by atoms with E-state index in [-0.39, 0.29) is 0 Å². The number of likely N-dealkylation sites (N-methyl/N-ethyl adjacent to an activating group) is 1. The molecular formula is C13H16N2S. The van der Waals surface area contributed by atoms with E-state index >= 15 is 0 Å². The third-order valence-corrected chi connectivity index (χ3v) is 4.43. The highest BCUT2D eigenvalue weighted by Crippen LogP contribution is 2.41. The molecule has 3 heteroatoms. The maximum Gasteiger partial charge on any atom is 0.0467 e. The maximum atomic E-state index is 3.59. The molecule has 0 amide bonds. The lowest BCUT2D eigenvalue weighted by Gasteiger charge is -2.21. The van der Waals surface area contributed by atoms with E-state index in [0.717, 1.165) is 6.54 Å². The van der Waals surface area contributed by atoms with E-state index in [1.807, 2.05) is 18.8 Å². The van der Waals surface area contributed by atoms with E-state index in [2.05, 4.69) is 34.6 Å². The second-order valence-electron chi connectivity index (χ2n) is 4.31. The van der Waals surface area contributed by atoms with Crippen LogP contribution >= 0.6 is 11.8 Å². The van der Waals surface area contributed by atoms with Crippen LogP contribution in [-0.2, 0) is 0 Å². The number of H-pyrrole nitrogens is 1. The molecule has 2 heterocycles. The molecule has 0 spiro atoms. The van der Waals surface area contributed by atoms with Crippen LogP contribution < -0.4 is 5.32 Å². The Bertz CT molecular complexity index is 504. The molecule has 2 aromatic rings. The van der Waals surface area contributed by atoms with Gasteiger partial charge in [0.05, 0.1) is 0 Å². The lowest BCUT2D eigenvalue weighted by atomic mass is 10.0. The Morgan fingerprint density at radius 2 is 2.31 bits per heavy atom. The first kappa shape index (κ1) is 10.2. The molecule has 2 nitrogen and oxygen atoms in total. The first-order valence-electron chi connectivity index (χ1n) is 5.78. The fourth-order valence-electron chi connectivity index (χ4n) is 2.48. The summed E-state index contributed by atoms with van der Waals surface area (Å²) < 4.78 is 0. The van der Waals surface area contributed by atoms with Crippen LogP contribution in [0.15, 0.2) is 29.2 Å². The molecule has 1 aromatic carbocycles. The zero-order valence-corrected chi connectivity index (χ0v) is 10.2. The molecule has 0 saturated heterocycles. The first-order valence-corrected chi connectivity index (χ1v) is 6.76. The second kappa shape index (κ2) is 4.15. The Morgan fingerprint density at radius 3 is 3.19 bits per heavy atom. The van der Waals surface area contributed by atoms with Gasteiger partial charge in [-0.2, -0.15) is 0 Å². The molecule has 0 saturated carbocycles. The van der Waals surface area contributed by atoms with Gasteiger partial charge in [0, 0.05) is 34.0 Å². The normalized spacial score (nSPS) is 19.9. The van der Waals surface area contributed by atoms with Crippen molar-refractivity contribution in [1.82, 2.24) is 10.3 Å². The van der Waals surface area contributed by atoms with Crippen molar-refractivity contribution in [2.24, 2.45) is 0 Å². The number of aromatic amines is 1. The highest BCUT2D eigenvalue weighted by molar-refractivity contribution is 7.99. The van der Waals surface area contributed by atoms with Crippen molar-refractivity contribution in [3.63, 3.8) is 0 Å². The molecule has 0 fully saturated rings. The van der Waals surface area contributed by atoms with Crippen LogP contribution in [0, 0.1) is 0 Å². The molecule has 2 N–H and O–H groups in total. The molecule has 3 rings (SSSR count). The van der Waals surface area contributed by atoms with Crippen LogP contribution in [0.2, 0.25) is 0 Å². The number of nitrogens with one attached hydrogen (secondary N) is 2. The van der Waals surface area contributed by atoms with Crippen molar-refractivity contribution >= 4 is 22.7 Å². The van der Waals surface area contributed by atoms with E-state index in [4.69, 9.17) is 0 Å². The highest BCUT2D eigenvalue weighted by atomic mass is 32.2. The van der Waals surface area contributed by atoms with Gasteiger partial charge < -0.3 is 10.3 Å². The van der Waals surface area contributed by atoms with E-state index in [1.54, 1.807) is 0 Å². The van der Waals surface area contributed by atoms with Gasteiger partial charge in [-0.1, -0.05) is 18.2 Å². The summed E-state index contributed by atoms with van der Waals surface area (Å²) in [4.78, 5) is 5.06. The van der Waals surface area contributed by atoms with Crippen molar-refractivity contribution in [2.75, 3.05) is 19.3 Å². The van der Waals surface area contributed by atoms with Gasteiger partial charge in [0.25, 0.3) is 0 Å². The van der Waals surface area contributed by atoms with Crippen LogP contribution in [0.5, 0.6) is 0 Å². The SMILES string of the molecule is CNCC1CCSc2c1[nH]c1ccccc21. The van der Waals surface area contributed by atoms with Gasteiger partial charge in [-0.25, -0.2) is 0 Å². The molecule has 1 atom stereocenters. The lowest BCUT2D eigenvalue weighted by Crippen LogP contribution is -2.20. The van der Waals surface area contributed by atoms with Gasteiger partial charge in [-0.3, -0.25) is 0 Å². The topological polar surface area (TPSA) is 27.8 Å². The first-order chi connectivity index (χ1) is 7.90. The lowest BCUT2D eigenvalue weighted by molar-refractivity contribution is 0.590. The quantitative estimate of drug-likeness (QED) is 0.833. The number of fused-ring (bicyclic) bond motifs is 3. The minimum atomic E-state index is 0.647. The number of rotatable bonds is 2. The zero-order chi connectivity index (χ0) is 11.0. The minimum absolute atomic E-state index is 0.647. The summed E-state index contributed by atoms with van der Waals surface area (Å²) in [5.41, 5.74) is 2.72. The number of hydrogen-bond donors (Lipinski definition) is 2. The summed E-state index contributed by atoms with van der Waals surface area (Å²) in [5, 5.41) is 4.69. The van der Waals surface area contributed by atoms with Crippen LogP contribution in [0.4, 0.5) is 0 Å². The summed E-state index contributed by atoms with van der Waals surface area (Å²) in [7, 11) is 2.03. The Morgan fingerprint density at radius 1 is 1.44 bits per heavy atom. The number of hydrogen-bond acceptors (Lipinski definition) is 2. The predicted molar refractivity (Wildman–Crippen MR) is 70.3 cm³/mol. The molecule has 84 valence electrons. The van der Waals surface area contributed by atoms with Crippen molar-refractivity contribution in [2.45, 2.75) is 17.2 Å². The fourth-order valence-corrected chi connectivity index (χ4v) is 3.79. The molecule has 1 aromatic heterocycles. The standard InChI is InChI=1S/C13H16N2S/c1-14-8-9-6-7-16-13-10-4-2-3-5-11(10)15-12(9)13/h2-5,9,14-15H,6-8H2,1H3. The molecule has 0 aliphatic carbocycles. The Balaban J connectivity index is 2.13. The second-order valence-corrected chi connectivity index (χ2v) is 5.41. The average Bonchev–Trinajstić information content (AvgIpc) is 2.69. The summed E-state index contributed by atoms with van der Waals surface area (Å²) in [6.07, 6.45) is 1.27. The number of thioether (sulfide) groups is 1. The molecule has 1 aliphatic heterocycles. The molecule has 0 bridgehead atoms. The number of aromatic nitrogens is 1. The summed E-state index contributed by atoms with van der Waals surface area (Å²) in [6, 6.07) is 8.62.